The van der Waals surface area contributed by atoms with Crippen LogP contribution in [0.4, 0.5) is 0 Å². The molecule has 29 heavy (non-hydrogen) atoms. The fourth-order valence-corrected chi connectivity index (χ4v) is 3.23. The van der Waals surface area contributed by atoms with Gasteiger partial charge < -0.3 is 5.73 Å². The number of rotatable bonds is 4. The lowest BCUT2D eigenvalue weighted by Crippen LogP contribution is -2.02. The van der Waals surface area contributed by atoms with Crippen LogP contribution in [-0.4, -0.2) is 6.54 Å². The Kier molecular flexibility index (Phi) is 7.29. The first-order valence-electron chi connectivity index (χ1n) is 10.3. The first-order chi connectivity index (χ1) is 14.2. The minimum absolute atomic E-state index is 0.671. The lowest BCUT2D eigenvalue weighted by atomic mass is 9.95. The molecule has 0 aliphatic rings. The van der Waals surface area contributed by atoms with Crippen molar-refractivity contribution in [2.45, 2.75) is 33.1 Å². The minimum atomic E-state index is 0.671. The quantitative estimate of drug-likeness (QED) is 0.628. The SMILES string of the molecule is CCc1cc(C#Cc2ccc(CCN)cc2)c(CC)cc1C#Cc1ccccc1. The van der Waals surface area contributed by atoms with E-state index in [-0.39, 0.29) is 0 Å². The van der Waals surface area contributed by atoms with Crippen molar-refractivity contribution in [1.82, 2.24) is 0 Å². The average molecular weight is 378 g/mol. The van der Waals surface area contributed by atoms with Gasteiger partial charge in [0.1, 0.15) is 0 Å². The third kappa shape index (κ3) is 5.61. The maximum absolute atomic E-state index is 5.62. The first-order valence-corrected chi connectivity index (χ1v) is 10.3. The highest BCUT2D eigenvalue weighted by Gasteiger charge is 2.05. The van der Waals surface area contributed by atoms with Gasteiger partial charge in [-0.15, -0.1) is 0 Å². The van der Waals surface area contributed by atoms with Crippen molar-refractivity contribution in [1.29, 1.82) is 0 Å². The number of aryl methyl sites for hydroxylation is 2. The van der Waals surface area contributed by atoms with Crippen molar-refractivity contribution < 1.29 is 0 Å². The van der Waals surface area contributed by atoms with Gasteiger partial charge in [0.15, 0.2) is 0 Å². The van der Waals surface area contributed by atoms with Crippen molar-refractivity contribution >= 4 is 0 Å². The van der Waals surface area contributed by atoms with Gasteiger partial charge in [0.2, 0.25) is 0 Å². The van der Waals surface area contributed by atoms with E-state index in [1.807, 2.05) is 30.3 Å². The molecule has 0 unspecified atom stereocenters. The normalized spacial score (nSPS) is 9.90. The summed E-state index contributed by atoms with van der Waals surface area (Å²) in [5, 5.41) is 0. The minimum Gasteiger partial charge on any atom is -0.330 e. The molecule has 0 aromatic heterocycles. The summed E-state index contributed by atoms with van der Waals surface area (Å²) >= 11 is 0. The third-order valence-corrected chi connectivity index (χ3v) is 4.93. The molecule has 144 valence electrons. The van der Waals surface area contributed by atoms with E-state index in [0.717, 1.165) is 41.5 Å². The Bertz CT molecular complexity index is 1070. The molecule has 1 heteroatoms. The summed E-state index contributed by atoms with van der Waals surface area (Å²) in [5.41, 5.74) is 13.6. The molecule has 0 amide bonds. The number of benzene rings is 3. The zero-order valence-corrected chi connectivity index (χ0v) is 17.3. The van der Waals surface area contributed by atoms with Gasteiger partial charge in [0, 0.05) is 22.3 Å². The zero-order valence-electron chi connectivity index (χ0n) is 17.3. The average Bonchev–Trinajstić information content (AvgIpc) is 2.78. The summed E-state index contributed by atoms with van der Waals surface area (Å²) in [6.07, 6.45) is 2.77. The van der Waals surface area contributed by atoms with Gasteiger partial charge in [-0.2, -0.15) is 0 Å². The number of nitrogens with two attached hydrogens (primary N) is 1. The van der Waals surface area contributed by atoms with Gasteiger partial charge in [-0.1, -0.05) is 67.9 Å². The van der Waals surface area contributed by atoms with E-state index < -0.39 is 0 Å². The molecule has 3 aromatic carbocycles. The molecule has 0 aliphatic heterocycles. The van der Waals surface area contributed by atoms with Crippen molar-refractivity contribution in [2.75, 3.05) is 6.54 Å². The van der Waals surface area contributed by atoms with E-state index in [1.165, 1.54) is 16.7 Å². The molecule has 2 N–H and O–H groups in total. The fourth-order valence-electron chi connectivity index (χ4n) is 3.23. The number of hydrogen-bond donors (Lipinski definition) is 1. The van der Waals surface area contributed by atoms with Crippen molar-refractivity contribution in [3.05, 3.63) is 106 Å². The highest BCUT2D eigenvalue weighted by atomic mass is 14.5. The molecule has 0 fully saturated rings. The molecule has 3 aromatic rings. The van der Waals surface area contributed by atoms with Gasteiger partial charge in [0.05, 0.1) is 0 Å². The van der Waals surface area contributed by atoms with Gasteiger partial charge >= 0.3 is 0 Å². The smallest absolute Gasteiger partial charge is 0.0284 e. The van der Waals surface area contributed by atoms with Crippen LogP contribution in [-0.2, 0) is 19.3 Å². The zero-order chi connectivity index (χ0) is 20.5. The van der Waals surface area contributed by atoms with Crippen LogP contribution in [0.2, 0.25) is 0 Å². The summed E-state index contributed by atoms with van der Waals surface area (Å²) in [6.45, 7) is 5.01. The van der Waals surface area contributed by atoms with E-state index in [1.54, 1.807) is 0 Å². The van der Waals surface area contributed by atoms with Crippen LogP contribution < -0.4 is 5.73 Å². The monoisotopic (exact) mass is 377 g/mol. The highest BCUT2D eigenvalue weighted by Crippen LogP contribution is 2.18. The topological polar surface area (TPSA) is 26.0 Å². The Balaban J connectivity index is 1.92. The molecular formula is C28H27N. The van der Waals surface area contributed by atoms with Crippen LogP contribution in [0.5, 0.6) is 0 Å². The van der Waals surface area contributed by atoms with Crippen LogP contribution in [0.1, 0.15) is 52.8 Å². The highest BCUT2D eigenvalue weighted by molar-refractivity contribution is 5.55. The van der Waals surface area contributed by atoms with E-state index in [0.29, 0.717) is 6.54 Å². The Labute approximate surface area is 175 Å². The predicted molar refractivity (Wildman–Crippen MR) is 123 cm³/mol. The third-order valence-electron chi connectivity index (χ3n) is 4.93. The molecule has 1 nitrogen and oxygen atoms in total. The Morgan fingerprint density at radius 2 is 1.17 bits per heavy atom. The van der Waals surface area contributed by atoms with Gasteiger partial charge in [-0.05, 0) is 78.9 Å². The molecule has 0 radical (unpaired) electrons. The van der Waals surface area contributed by atoms with Crippen LogP contribution in [0.15, 0.2) is 66.7 Å². The van der Waals surface area contributed by atoms with Gasteiger partial charge in [-0.3, -0.25) is 0 Å². The van der Waals surface area contributed by atoms with Crippen molar-refractivity contribution in [3.8, 4) is 23.7 Å². The predicted octanol–water partition coefficient (Wildman–Crippen LogP) is 5.11. The fraction of sp³-hybridized carbons (Fsp3) is 0.214. The number of hydrogen-bond acceptors (Lipinski definition) is 1. The molecule has 0 saturated heterocycles. The van der Waals surface area contributed by atoms with Crippen LogP contribution in [0.25, 0.3) is 0 Å². The van der Waals surface area contributed by atoms with E-state index in [4.69, 9.17) is 5.73 Å². The van der Waals surface area contributed by atoms with Crippen LogP contribution in [0.3, 0.4) is 0 Å². The Morgan fingerprint density at radius 3 is 1.66 bits per heavy atom. The first kappa shape index (κ1) is 20.5. The van der Waals surface area contributed by atoms with Crippen LogP contribution in [0, 0.1) is 23.7 Å². The lowest BCUT2D eigenvalue weighted by molar-refractivity contribution is 0.969. The molecule has 0 bridgehead atoms. The molecule has 0 spiro atoms. The van der Waals surface area contributed by atoms with Crippen LogP contribution >= 0.6 is 0 Å². The standard InChI is InChI=1S/C28H27N/c1-3-25-21-28(17-15-23-10-12-24(13-11-23)18-19-29)26(4-2)20-27(25)16-14-22-8-6-5-7-9-22/h5-13,20-21H,3-4,18-19,29H2,1-2H3. The molecule has 0 saturated carbocycles. The second-order valence-corrected chi connectivity index (χ2v) is 6.98. The van der Waals surface area contributed by atoms with E-state index >= 15 is 0 Å². The van der Waals surface area contributed by atoms with E-state index in [2.05, 4.69) is 73.9 Å². The summed E-state index contributed by atoms with van der Waals surface area (Å²) in [4.78, 5) is 0. The molecular weight excluding hydrogens is 350 g/mol. The Hall–Kier alpha value is -3.26. The van der Waals surface area contributed by atoms with Crippen molar-refractivity contribution in [2.24, 2.45) is 5.73 Å². The molecule has 0 atom stereocenters. The summed E-state index contributed by atoms with van der Waals surface area (Å²) in [6, 6.07) is 22.9. The second kappa shape index (κ2) is 10.3. The molecule has 3 rings (SSSR count). The van der Waals surface area contributed by atoms with Crippen molar-refractivity contribution in [3.63, 3.8) is 0 Å². The molecule has 0 heterocycles. The maximum Gasteiger partial charge on any atom is 0.0284 e. The maximum atomic E-state index is 5.62. The summed E-state index contributed by atoms with van der Waals surface area (Å²) in [7, 11) is 0. The summed E-state index contributed by atoms with van der Waals surface area (Å²) < 4.78 is 0. The Morgan fingerprint density at radius 1 is 0.655 bits per heavy atom. The van der Waals surface area contributed by atoms with E-state index in [9.17, 15) is 0 Å². The lowest BCUT2D eigenvalue weighted by Gasteiger charge is -2.08. The second-order valence-electron chi connectivity index (χ2n) is 6.98. The van der Waals surface area contributed by atoms with Gasteiger partial charge in [-0.25, -0.2) is 0 Å². The van der Waals surface area contributed by atoms with Gasteiger partial charge in [0.25, 0.3) is 0 Å². The summed E-state index contributed by atoms with van der Waals surface area (Å²) in [5.74, 6) is 13.4. The molecule has 0 aliphatic carbocycles. The largest absolute Gasteiger partial charge is 0.330 e.